The molecule has 0 aliphatic carbocycles. The van der Waals surface area contributed by atoms with Gasteiger partial charge in [0.1, 0.15) is 23.1 Å². The number of hydrogen-bond acceptors (Lipinski definition) is 5. The van der Waals surface area contributed by atoms with E-state index >= 15 is 0 Å². The minimum absolute atomic E-state index is 0.200. The fourth-order valence-electron chi connectivity index (χ4n) is 2.56. The molecule has 0 aliphatic rings. The third-order valence-corrected chi connectivity index (χ3v) is 3.96. The highest BCUT2D eigenvalue weighted by molar-refractivity contribution is 5.92. The molecule has 1 aromatic heterocycles. The normalized spacial score (nSPS) is 10.4. The number of amides is 1. The fraction of sp³-hybridized carbons (Fsp3) is 0.190. The molecule has 28 heavy (non-hydrogen) atoms. The van der Waals surface area contributed by atoms with Crippen molar-refractivity contribution in [3.63, 3.8) is 0 Å². The molecule has 3 aromatic rings. The van der Waals surface area contributed by atoms with Crippen molar-refractivity contribution in [2.75, 3.05) is 18.5 Å². The Balaban J connectivity index is 1.51. The van der Waals surface area contributed by atoms with Crippen LogP contribution in [0.2, 0.25) is 0 Å². The van der Waals surface area contributed by atoms with Gasteiger partial charge in [-0.3, -0.25) is 4.79 Å². The van der Waals surface area contributed by atoms with Crippen molar-refractivity contribution in [2.24, 2.45) is 0 Å². The lowest BCUT2D eigenvalue weighted by molar-refractivity contribution is 0.0948. The van der Waals surface area contributed by atoms with Crippen LogP contribution in [0.1, 0.15) is 23.0 Å². The molecule has 1 amide bonds. The SMILES string of the molecule is CCOc1ccc(Nc2cnc(C(=O)NCCc3ccccc3F)cn2)cc1. The largest absolute Gasteiger partial charge is 0.494 e. The zero-order valence-electron chi connectivity index (χ0n) is 15.5. The zero-order valence-corrected chi connectivity index (χ0v) is 15.5. The summed E-state index contributed by atoms with van der Waals surface area (Å²) in [7, 11) is 0. The Morgan fingerprint density at radius 1 is 1.07 bits per heavy atom. The standard InChI is InChI=1S/C21H21FN4O2/c1-2-28-17-9-7-16(8-10-17)26-20-14-24-19(13-25-20)21(27)23-12-11-15-5-3-4-6-18(15)22/h3-10,13-14H,2,11-12H2,1H3,(H,23,27)(H,25,26). The highest BCUT2D eigenvalue weighted by Crippen LogP contribution is 2.18. The van der Waals surface area contributed by atoms with E-state index in [9.17, 15) is 9.18 Å². The molecule has 3 rings (SSSR count). The summed E-state index contributed by atoms with van der Waals surface area (Å²) in [5.74, 6) is 0.686. The minimum Gasteiger partial charge on any atom is -0.494 e. The lowest BCUT2D eigenvalue weighted by atomic mass is 10.1. The molecule has 0 unspecified atom stereocenters. The van der Waals surface area contributed by atoms with Gasteiger partial charge in [-0.2, -0.15) is 0 Å². The summed E-state index contributed by atoms with van der Waals surface area (Å²) in [6, 6.07) is 14.0. The molecule has 0 fully saturated rings. The zero-order chi connectivity index (χ0) is 19.8. The second-order valence-electron chi connectivity index (χ2n) is 5.97. The summed E-state index contributed by atoms with van der Waals surface area (Å²) < 4.78 is 19.0. The first-order chi connectivity index (χ1) is 13.7. The van der Waals surface area contributed by atoms with Gasteiger partial charge in [0, 0.05) is 12.2 Å². The molecule has 144 valence electrons. The summed E-state index contributed by atoms with van der Waals surface area (Å²) in [6.45, 7) is 2.86. The van der Waals surface area contributed by atoms with Crippen LogP contribution in [0.4, 0.5) is 15.9 Å². The van der Waals surface area contributed by atoms with Crippen LogP contribution < -0.4 is 15.4 Å². The van der Waals surface area contributed by atoms with Crippen LogP contribution in [0.25, 0.3) is 0 Å². The van der Waals surface area contributed by atoms with Gasteiger partial charge in [0.2, 0.25) is 0 Å². The molecule has 2 N–H and O–H groups in total. The van der Waals surface area contributed by atoms with Gasteiger partial charge in [-0.15, -0.1) is 0 Å². The number of hydrogen-bond donors (Lipinski definition) is 2. The van der Waals surface area contributed by atoms with E-state index in [0.717, 1.165) is 11.4 Å². The maximum atomic E-state index is 13.6. The monoisotopic (exact) mass is 380 g/mol. The van der Waals surface area contributed by atoms with Crippen molar-refractivity contribution in [1.29, 1.82) is 0 Å². The van der Waals surface area contributed by atoms with Gasteiger partial charge < -0.3 is 15.4 Å². The maximum absolute atomic E-state index is 13.6. The molecule has 1 heterocycles. The van der Waals surface area contributed by atoms with Gasteiger partial charge in [-0.05, 0) is 49.2 Å². The summed E-state index contributed by atoms with van der Waals surface area (Å²) in [4.78, 5) is 20.5. The molecule has 0 atom stereocenters. The number of ether oxygens (including phenoxy) is 1. The van der Waals surface area contributed by atoms with E-state index in [2.05, 4.69) is 20.6 Å². The highest BCUT2D eigenvalue weighted by Gasteiger charge is 2.08. The molecule has 0 bridgehead atoms. The lowest BCUT2D eigenvalue weighted by Crippen LogP contribution is -2.26. The van der Waals surface area contributed by atoms with Gasteiger partial charge >= 0.3 is 0 Å². The average molecular weight is 380 g/mol. The first kappa shape index (κ1) is 19.3. The van der Waals surface area contributed by atoms with Crippen LogP contribution in [0.15, 0.2) is 60.9 Å². The second-order valence-corrected chi connectivity index (χ2v) is 5.97. The lowest BCUT2D eigenvalue weighted by Gasteiger charge is -2.08. The summed E-state index contributed by atoms with van der Waals surface area (Å²) in [5, 5.41) is 5.83. The predicted octanol–water partition coefficient (Wildman–Crippen LogP) is 3.73. The van der Waals surface area contributed by atoms with Crippen LogP contribution in [0.3, 0.4) is 0 Å². The molecule has 2 aromatic carbocycles. The molecule has 0 aliphatic heterocycles. The van der Waals surface area contributed by atoms with Gasteiger partial charge in [0.05, 0.1) is 19.0 Å². The highest BCUT2D eigenvalue weighted by atomic mass is 19.1. The van der Waals surface area contributed by atoms with Crippen LogP contribution >= 0.6 is 0 Å². The Kier molecular flexibility index (Phi) is 6.51. The van der Waals surface area contributed by atoms with Crippen molar-refractivity contribution in [3.8, 4) is 5.75 Å². The maximum Gasteiger partial charge on any atom is 0.271 e. The quantitative estimate of drug-likeness (QED) is 0.623. The molecular weight excluding hydrogens is 359 g/mol. The van der Waals surface area contributed by atoms with Crippen LogP contribution in [0.5, 0.6) is 5.75 Å². The fourth-order valence-corrected chi connectivity index (χ4v) is 2.56. The van der Waals surface area contributed by atoms with Gasteiger partial charge in [-0.1, -0.05) is 18.2 Å². The van der Waals surface area contributed by atoms with E-state index in [1.54, 1.807) is 18.2 Å². The Morgan fingerprint density at radius 3 is 2.54 bits per heavy atom. The van der Waals surface area contributed by atoms with Gasteiger partial charge in [0.25, 0.3) is 5.91 Å². The number of nitrogens with zero attached hydrogens (tertiary/aromatic N) is 2. The number of anilines is 2. The number of aromatic nitrogens is 2. The second kappa shape index (κ2) is 9.45. The number of nitrogens with one attached hydrogen (secondary N) is 2. The number of carbonyl (C=O) groups is 1. The molecule has 0 saturated heterocycles. The molecule has 0 spiro atoms. The molecule has 0 saturated carbocycles. The van der Waals surface area contributed by atoms with Crippen molar-refractivity contribution >= 4 is 17.4 Å². The van der Waals surface area contributed by atoms with Crippen LogP contribution in [-0.2, 0) is 6.42 Å². The number of halogens is 1. The summed E-state index contributed by atoms with van der Waals surface area (Å²) in [5.41, 5.74) is 1.59. The number of benzene rings is 2. The van der Waals surface area contributed by atoms with Crippen LogP contribution in [-0.4, -0.2) is 29.0 Å². The van der Waals surface area contributed by atoms with E-state index in [1.807, 2.05) is 31.2 Å². The number of carbonyl (C=O) groups excluding carboxylic acids is 1. The smallest absolute Gasteiger partial charge is 0.271 e. The molecule has 0 radical (unpaired) electrons. The Hall–Kier alpha value is -3.48. The van der Waals surface area contributed by atoms with E-state index < -0.39 is 0 Å². The molecular formula is C21H21FN4O2. The summed E-state index contributed by atoms with van der Waals surface area (Å²) in [6.07, 6.45) is 3.29. The van der Waals surface area contributed by atoms with Crippen molar-refractivity contribution in [3.05, 3.63) is 78.0 Å². The third kappa shape index (κ3) is 5.26. The van der Waals surface area contributed by atoms with Gasteiger partial charge in [0.15, 0.2) is 0 Å². The Labute approximate surface area is 162 Å². The minimum atomic E-state index is -0.351. The molecule has 6 nitrogen and oxygen atoms in total. The Bertz CT molecular complexity index is 914. The average Bonchev–Trinajstić information content (AvgIpc) is 2.71. The number of rotatable bonds is 8. The van der Waals surface area contributed by atoms with Crippen LogP contribution in [0, 0.1) is 5.82 Å². The first-order valence-electron chi connectivity index (χ1n) is 8.99. The van der Waals surface area contributed by atoms with Gasteiger partial charge in [-0.25, -0.2) is 14.4 Å². The van der Waals surface area contributed by atoms with Crippen molar-refractivity contribution in [1.82, 2.24) is 15.3 Å². The van der Waals surface area contributed by atoms with E-state index in [1.165, 1.54) is 18.5 Å². The van der Waals surface area contributed by atoms with E-state index in [-0.39, 0.29) is 17.4 Å². The van der Waals surface area contributed by atoms with Crippen molar-refractivity contribution < 1.29 is 13.9 Å². The topological polar surface area (TPSA) is 76.1 Å². The molecule has 7 heteroatoms. The third-order valence-electron chi connectivity index (χ3n) is 3.96. The predicted molar refractivity (Wildman–Crippen MR) is 105 cm³/mol. The summed E-state index contributed by atoms with van der Waals surface area (Å²) >= 11 is 0. The Morgan fingerprint density at radius 2 is 1.86 bits per heavy atom. The van der Waals surface area contributed by atoms with E-state index in [4.69, 9.17) is 4.74 Å². The van der Waals surface area contributed by atoms with Crippen molar-refractivity contribution in [2.45, 2.75) is 13.3 Å². The first-order valence-corrected chi connectivity index (χ1v) is 8.99. The van der Waals surface area contributed by atoms with E-state index in [0.29, 0.717) is 31.0 Å².